The second-order valence-corrected chi connectivity index (χ2v) is 6.52. The van der Waals surface area contributed by atoms with Gasteiger partial charge in [0.1, 0.15) is 17.4 Å². The average molecular weight is 378 g/mol. The van der Waals surface area contributed by atoms with Gasteiger partial charge in [0.2, 0.25) is 11.7 Å². The number of cyclic esters (lactones) is 1. The normalized spacial score (nSPS) is 16.2. The van der Waals surface area contributed by atoms with Crippen LogP contribution in [0.15, 0.2) is 54.9 Å². The van der Waals surface area contributed by atoms with Crippen LogP contribution in [-0.4, -0.2) is 46.4 Å². The largest absolute Gasteiger partial charge is 0.442 e. The van der Waals surface area contributed by atoms with Crippen molar-refractivity contribution < 1.29 is 19.1 Å². The highest BCUT2D eigenvalue weighted by atomic mass is 16.6. The van der Waals surface area contributed by atoms with E-state index in [1.165, 1.54) is 11.8 Å². The zero-order valence-corrected chi connectivity index (χ0v) is 15.2. The quantitative estimate of drug-likeness (QED) is 0.686. The molecular weight excluding hydrogens is 360 g/mol. The zero-order valence-electron chi connectivity index (χ0n) is 15.2. The summed E-state index contributed by atoms with van der Waals surface area (Å²) < 4.78 is 7.04. The van der Waals surface area contributed by atoms with E-state index in [1.54, 1.807) is 34.9 Å². The van der Waals surface area contributed by atoms with Crippen molar-refractivity contribution >= 4 is 29.1 Å². The van der Waals surface area contributed by atoms with Crippen LogP contribution in [0.2, 0.25) is 0 Å². The number of benzene rings is 1. The van der Waals surface area contributed by atoms with Gasteiger partial charge in [0.05, 0.1) is 13.1 Å². The van der Waals surface area contributed by atoms with Crippen LogP contribution in [-0.2, 0) is 9.53 Å². The molecule has 0 saturated carbocycles. The van der Waals surface area contributed by atoms with Crippen molar-refractivity contribution in [2.45, 2.75) is 13.0 Å². The van der Waals surface area contributed by atoms with Gasteiger partial charge < -0.3 is 14.5 Å². The van der Waals surface area contributed by atoms with E-state index in [4.69, 9.17) is 4.74 Å². The molecule has 0 unspecified atom stereocenters. The molecule has 1 aromatic carbocycles. The second-order valence-electron chi connectivity index (χ2n) is 6.52. The summed E-state index contributed by atoms with van der Waals surface area (Å²) in [4.78, 5) is 41.6. The molecule has 2 amide bonds. The number of ether oxygens (including phenoxy) is 1. The van der Waals surface area contributed by atoms with Crippen LogP contribution in [0.1, 0.15) is 23.0 Å². The number of pyridine rings is 1. The van der Waals surface area contributed by atoms with E-state index in [2.05, 4.69) is 10.3 Å². The second kappa shape index (κ2) is 7.15. The highest BCUT2D eigenvalue weighted by Gasteiger charge is 2.32. The van der Waals surface area contributed by atoms with Crippen molar-refractivity contribution in [1.82, 2.24) is 14.7 Å². The minimum atomic E-state index is -0.477. The summed E-state index contributed by atoms with van der Waals surface area (Å²) in [5.41, 5.74) is 2.17. The number of amides is 2. The Morgan fingerprint density at radius 2 is 2.00 bits per heavy atom. The molecule has 1 fully saturated rings. The lowest BCUT2D eigenvalue weighted by Crippen LogP contribution is -2.33. The molecule has 142 valence electrons. The van der Waals surface area contributed by atoms with E-state index in [1.807, 2.05) is 24.4 Å². The highest BCUT2D eigenvalue weighted by molar-refractivity contribution is 6.08. The van der Waals surface area contributed by atoms with Gasteiger partial charge in [0, 0.05) is 30.6 Å². The number of anilines is 1. The Balaban J connectivity index is 1.48. The first-order valence-corrected chi connectivity index (χ1v) is 8.82. The summed E-state index contributed by atoms with van der Waals surface area (Å²) in [6.07, 6.45) is 2.64. The minimum absolute atomic E-state index is 0.177. The molecule has 0 bridgehead atoms. The number of carbonyl (C=O) groups is 3. The van der Waals surface area contributed by atoms with E-state index in [0.29, 0.717) is 29.1 Å². The maximum absolute atomic E-state index is 12.7. The molecular formula is C20H18N4O4. The molecule has 1 atom stereocenters. The summed E-state index contributed by atoms with van der Waals surface area (Å²) in [6.45, 7) is 2.01. The van der Waals surface area contributed by atoms with Crippen LogP contribution in [0.3, 0.4) is 0 Å². The smallest absolute Gasteiger partial charge is 0.414 e. The first-order valence-electron chi connectivity index (χ1n) is 8.82. The number of nitrogens with zero attached hydrogens (tertiary/aromatic N) is 3. The van der Waals surface area contributed by atoms with Gasteiger partial charge in [-0.25, -0.2) is 9.78 Å². The van der Waals surface area contributed by atoms with E-state index in [0.717, 1.165) is 0 Å². The molecule has 3 aromatic rings. The first-order chi connectivity index (χ1) is 13.5. The zero-order chi connectivity index (χ0) is 19.7. The van der Waals surface area contributed by atoms with Crippen LogP contribution < -0.4 is 10.2 Å². The SMILES string of the molecule is CC(=O)NC[C@H]1CN(c2ccc(C(=O)c3cn4ccccc4n3)cc2)C(=O)O1. The van der Waals surface area contributed by atoms with Gasteiger partial charge in [-0.15, -0.1) is 0 Å². The Kier molecular flexibility index (Phi) is 4.52. The number of hydrogen-bond acceptors (Lipinski definition) is 5. The lowest BCUT2D eigenvalue weighted by atomic mass is 10.1. The number of hydrogen-bond donors (Lipinski definition) is 1. The lowest BCUT2D eigenvalue weighted by Gasteiger charge is -2.13. The molecule has 3 heterocycles. The van der Waals surface area contributed by atoms with Crippen LogP contribution in [0, 0.1) is 0 Å². The van der Waals surface area contributed by atoms with Crippen LogP contribution in [0.5, 0.6) is 0 Å². The maximum atomic E-state index is 12.7. The van der Waals surface area contributed by atoms with Gasteiger partial charge in [-0.05, 0) is 36.4 Å². The standard InChI is InChI=1S/C20H18N4O4/c1-13(25)21-10-16-11-24(20(27)28-16)15-7-5-14(6-8-15)19(26)17-12-23-9-3-2-4-18(23)22-17/h2-9,12,16H,10-11H2,1H3,(H,21,25)/t16-/m0/s1. The number of rotatable bonds is 5. The number of fused-ring (bicyclic) bond motifs is 1. The van der Waals surface area contributed by atoms with Crippen molar-refractivity contribution in [3.05, 3.63) is 66.1 Å². The van der Waals surface area contributed by atoms with Crippen LogP contribution in [0.4, 0.5) is 10.5 Å². The van der Waals surface area contributed by atoms with Gasteiger partial charge in [-0.2, -0.15) is 0 Å². The monoisotopic (exact) mass is 378 g/mol. The molecule has 8 nitrogen and oxygen atoms in total. The third-order valence-electron chi connectivity index (χ3n) is 4.49. The van der Waals surface area contributed by atoms with Crippen molar-refractivity contribution in [3.63, 3.8) is 0 Å². The summed E-state index contributed by atoms with van der Waals surface area (Å²) in [6, 6.07) is 12.3. The fourth-order valence-corrected chi connectivity index (χ4v) is 3.08. The van der Waals surface area contributed by atoms with Crippen molar-refractivity contribution in [2.24, 2.45) is 0 Å². The van der Waals surface area contributed by atoms with Crippen LogP contribution in [0.25, 0.3) is 5.65 Å². The van der Waals surface area contributed by atoms with E-state index < -0.39 is 12.2 Å². The molecule has 2 aromatic heterocycles. The summed E-state index contributed by atoms with van der Waals surface area (Å²) in [7, 11) is 0. The third kappa shape index (κ3) is 3.44. The van der Waals surface area contributed by atoms with E-state index >= 15 is 0 Å². The van der Waals surface area contributed by atoms with Gasteiger partial charge in [-0.1, -0.05) is 6.07 Å². The predicted octanol–water partition coefficient (Wildman–Crippen LogP) is 2.03. The number of imidazole rings is 1. The number of nitrogens with one attached hydrogen (secondary N) is 1. The van der Waals surface area contributed by atoms with Crippen molar-refractivity contribution in [3.8, 4) is 0 Å². The molecule has 8 heteroatoms. The highest BCUT2D eigenvalue weighted by Crippen LogP contribution is 2.23. The fourth-order valence-electron chi connectivity index (χ4n) is 3.08. The molecule has 1 N–H and O–H groups in total. The Morgan fingerprint density at radius 1 is 1.21 bits per heavy atom. The van der Waals surface area contributed by atoms with Crippen molar-refractivity contribution in [2.75, 3.05) is 18.0 Å². The maximum Gasteiger partial charge on any atom is 0.414 e. The minimum Gasteiger partial charge on any atom is -0.442 e. The Hall–Kier alpha value is -3.68. The Labute approximate surface area is 160 Å². The van der Waals surface area contributed by atoms with E-state index in [9.17, 15) is 14.4 Å². The molecule has 0 radical (unpaired) electrons. The van der Waals surface area contributed by atoms with Crippen LogP contribution >= 0.6 is 0 Å². The predicted molar refractivity (Wildman–Crippen MR) is 101 cm³/mol. The lowest BCUT2D eigenvalue weighted by molar-refractivity contribution is -0.119. The topological polar surface area (TPSA) is 93.0 Å². The summed E-state index contributed by atoms with van der Waals surface area (Å²) in [5.74, 6) is -0.368. The molecule has 1 aliphatic rings. The molecule has 0 spiro atoms. The molecule has 0 aliphatic carbocycles. The summed E-state index contributed by atoms with van der Waals surface area (Å²) in [5, 5.41) is 2.64. The number of ketones is 1. The van der Waals surface area contributed by atoms with E-state index in [-0.39, 0.29) is 18.2 Å². The van der Waals surface area contributed by atoms with Gasteiger partial charge >= 0.3 is 6.09 Å². The summed E-state index contributed by atoms with van der Waals surface area (Å²) >= 11 is 0. The molecule has 4 rings (SSSR count). The fraction of sp³-hybridized carbons (Fsp3) is 0.200. The third-order valence-corrected chi connectivity index (χ3v) is 4.49. The first kappa shape index (κ1) is 17.7. The average Bonchev–Trinajstić information content (AvgIpc) is 3.29. The molecule has 1 aliphatic heterocycles. The van der Waals surface area contributed by atoms with Crippen molar-refractivity contribution in [1.29, 1.82) is 0 Å². The van der Waals surface area contributed by atoms with Gasteiger partial charge in [0.15, 0.2) is 0 Å². The molecule has 28 heavy (non-hydrogen) atoms. The number of aromatic nitrogens is 2. The van der Waals surface area contributed by atoms with Gasteiger partial charge in [-0.3, -0.25) is 14.5 Å². The van der Waals surface area contributed by atoms with Gasteiger partial charge in [0.25, 0.3) is 0 Å². The number of carbonyl (C=O) groups excluding carboxylic acids is 3. The Morgan fingerprint density at radius 3 is 2.71 bits per heavy atom. The molecule has 1 saturated heterocycles. The Bertz CT molecular complexity index is 1020.